The molecule has 76 valence electrons. The number of rotatable bonds is 3. The van der Waals surface area contributed by atoms with Crippen molar-refractivity contribution in [2.45, 2.75) is 12.5 Å². The van der Waals surface area contributed by atoms with E-state index in [2.05, 4.69) is 15.9 Å². The summed E-state index contributed by atoms with van der Waals surface area (Å²) in [6.45, 7) is 0. The standard InChI is InChI=1S/C8H8BrNO4/c1-14-7-3-6(9)2-5(4-11)8(7)10(12)13/h2,4,7H,3H2,1H3/t7-/m0/s1. The minimum Gasteiger partial charge on any atom is -0.370 e. The molecule has 1 aliphatic carbocycles. The largest absolute Gasteiger partial charge is 0.370 e. The maximum Gasteiger partial charge on any atom is 0.285 e. The normalized spacial score (nSPS) is 21.9. The summed E-state index contributed by atoms with van der Waals surface area (Å²) in [5.74, 6) is 0. The molecule has 0 aliphatic heterocycles. The van der Waals surface area contributed by atoms with Crippen LogP contribution in [0.4, 0.5) is 0 Å². The lowest BCUT2D eigenvalue weighted by Gasteiger charge is -2.17. The first-order valence-corrected chi connectivity index (χ1v) is 4.62. The van der Waals surface area contributed by atoms with E-state index < -0.39 is 11.0 Å². The van der Waals surface area contributed by atoms with Crippen LogP contribution in [0.2, 0.25) is 0 Å². The summed E-state index contributed by atoms with van der Waals surface area (Å²) in [4.78, 5) is 20.7. The van der Waals surface area contributed by atoms with Crippen LogP contribution in [0.3, 0.4) is 0 Å². The van der Waals surface area contributed by atoms with Gasteiger partial charge in [0, 0.05) is 13.5 Å². The molecule has 1 rings (SSSR count). The van der Waals surface area contributed by atoms with Gasteiger partial charge in [-0.15, -0.1) is 0 Å². The Morgan fingerprint density at radius 1 is 1.79 bits per heavy atom. The van der Waals surface area contributed by atoms with Gasteiger partial charge in [0.15, 0.2) is 12.4 Å². The van der Waals surface area contributed by atoms with Gasteiger partial charge >= 0.3 is 0 Å². The molecular weight excluding hydrogens is 254 g/mol. The highest BCUT2D eigenvalue weighted by Crippen LogP contribution is 2.28. The number of methoxy groups -OCH3 is 1. The second kappa shape index (κ2) is 4.47. The Balaban J connectivity index is 3.20. The lowest BCUT2D eigenvalue weighted by atomic mass is 10.0. The second-order valence-corrected chi connectivity index (χ2v) is 3.75. The number of nitro groups is 1. The minimum atomic E-state index is -0.662. The van der Waals surface area contributed by atoms with Crippen LogP contribution in [0.15, 0.2) is 21.8 Å². The number of hydrogen-bond acceptors (Lipinski definition) is 4. The van der Waals surface area contributed by atoms with Crippen molar-refractivity contribution in [1.29, 1.82) is 0 Å². The van der Waals surface area contributed by atoms with E-state index in [1.54, 1.807) is 0 Å². The van der Waals surface area contributed by atoms with Crippen molar-refractivity contribution in [3.63, 3.8) is 0 Å². The molecule has 0 spiro atoms. The van der Waals surface area contributed by atoms with Gasteiger partial charge in [-0.1, -0.05) is 15.9 Å². The zero-order chi connectivity index (χ0) is 10.7. The van der Waals surface area contributed by atoms with Crippen LogP contribution in [0.25, 0.3) is 0 Å². The number of hydrogen-bond donors (Lipinski definition) is 0. The maximum absolute atomic E-state index is 10.7. The smallest absolute Gasteiger partial charge is 0.285 e. The molecule has 0 fully saturated rings. The molecule has 0 aromatic carbocycles. The van der Waals surface area contributed by atoms with Gasteiger partial charge in [-0.2, -0.15) is 0 Å². The summed E-state index contributed by atoms with van der Waals surface area (Å²) in [6.07, 6.45) is 1.62. The van der Waals surface area contributed by atoms with E-state index >= 15 is 0 Å². The molecule has 0 aromatic heterocycles. The monoisotopic (exact) mass is 261 g/mol. The maximum atomic E-state index is 10.7. The van der Waals surface area contributed by atoms with Gasteiger partial charge in [-0.25, -0.2) is 0 Å². The minimum absolute atomic E-state index is 0.0555. The van der Waals surface area contributed by atoms with Crippen molar-refractivity contribution < 1.29 is 14.5 Å². The highest BCUT2D eigenvalue weighted by Gasteiger charge is 2.32. The Bertz CT molecular complexity index is 334. The Kier molecular flexibility index (Phi) is 3.54. The summed E-state index contributed by atoms with van der Waals surface area (Å²) < 4.78 is 5.66. The Hall–Kier alpha value is -1.01. The van der Waals surface area contributed by atoms with E-state index in [0.717, 1.165) is 4.48 Å². The van der Waals surface area contributed by atoms with Crippen molar-refractivity contribution in [2.75, 3.05) is 7.11 Å². The predicted molar refractivity (Wildman–Crippen MR) is 52.5 cm³/mol. The van der Waals surface area contributed by atoms with E-state index in [0.29, 0.717) is 12.7 Å². The Morgan fingerprint density at radius 3 is 2.86 bits per heavy atom. The Labute approximate surface area is 88.7 Å². The van der Waals surface area contributed by atoms with Crippen LogP contribution >= 0.6 is 15.9 Å². The number of aldehydes is 1. The molecule has 0 heterocycles. The summed E-state index contributed by atoms with van der Waals surface area (Å²) in [5, 5.41) is 10.7. The molecular formula is C8H8BrNO4. The quantitative estimate of drug-likeness (QED) is 0.438. The van der Waals surface area contributed by atoms with Crippen LogP contribution in [0.1, 0.15) is 6.42 Å². The van der Waals surface area contributed by atoms with E-state index in [9.17, 15) is 14.9 Å². The molecule has 14 heavy (non-hydrogen) atoms. The SMILES string of the molecule is CO[C@H]1CC(Br)=CC(C=O)=C1[N+](=O)[O-]. The fourth-order valence-corrected chi connectivity index (χ4v) is 1.81. The zero-order valence-corrected chi connectivity index (χ0v) is 8.98. The number of halogens is 1. The molecule has 1 aliphatic rings. The molecule has 0 unspecified atom stereocenters. The third-order valence-corrected chi connectivity index (χ3v) is 2.45. The van der Waals surface area contributed by atoms with Crippen molar-refractivity contribution in [3.8, 4) is 0 Å². The van der Waals surface area contributed by atoms with E-state index in [1.807, 2.05) is 0 Å². The predicted octanol–water partition coefficient (Wildman–Crippen LogP) is 1.41. The van der Waals surface area contributed by atoms with Crippen molar-refractivity contribution in [3.05, 3.63) is 31.9 Å². The molecule has 0 radical (unpaired) electrons. The highest BCUT2D eigenvalue weighted by molar-refractivity contribution is 9.11. The second-order valence-electron chi connectivity index (χ2n) is 2.74. The van der Waals surface area contributed by atoms with Crippen LogP contribution < -0.4 is 0 Å². The number of carbonyl (C=O) groups is 1. The number of allylic oxidation sites excluding steroid dienone is 2. The first-order chi connectivity index (χ1) is 6.60. The van der Waals surface area contributed by atoms with Gasteiger partial charge < -0.3 is 4.74 Å². The summed E-state index contributed by atoms with van der Waals surface area (Å²) in [5.41, 5.74) is -0.120. The van der Waals surface area contributed by atoms with Gasteiger partial charge in [-0.3, -0.25) is 14.9 Å². The number of carbonyl (C=O) groups excluding carboxylic acids is 1. The fourth-order valence-electron chi connectivity index (χ4n) is 1.27. The Morgan fingerprint density at radius 2 is 2.43 bits per heavy atom. The van der Waals surface area contributed by atoms with E-state index in [-0.39, 0.29) is 11.3 Å². The van der Waals surface area contributed by atoms with Crippen molar-refractivity contribution in [1.82, 2.24) is 0 Å². The molecule has 0 aromatic rings. The van der Waals surface area contributed by atoms with Crippen LogP contribution in [0.5, 0.6) is 0 Å². The lowest BCUT2D eigenvalue weighted by molar-refractivity contribution is -0.437. The molecule has 1 atom stereocenters. The zero-order valence-electron chi connectivity index (χ0n) is 7.40. The lowest BCUT2D eigenvalue weighted by Crippen LogP contribution is -2.24. The topological polar surface area (TPSA) is 69.4 Å². The first-order valence-electron chi connectivity index (χ1n) is 3.82. The summed E-state index contributed by atoms with van der Waals surface area (Å²) in [6, 6.07) is 0. The van der Waals surface area contributed by atoms with Gasteiger partial charge in [0.2, 0.25) is 0 Å². The molecule has 5 nitrogen and oxygen atoms in total. The third kappa shape index (κ3) is 2.08. The molecule has 0 saturated carbocycles. The molecule has 0 amide bonds. The van der Waals surface area contributed by atoms with Crippen molar-refractivity contribution in [2.24, 2.45) is 0 Å². The average molecular weight is 262 g/mol. The van der Waals surface area contributed by atoms with E-state index in [1.165, 1.54) is 13.2 Å². The fraction of sp³-hybridized carbons (Fsp3) is 0.375. The van der Waals surface area contributed by atoms with Crippen LogP contribution in [-0.4, -0.2) is 24.4 Å². The molecule has 0 bridgehead atoms. The van der Waals surface area contributed by atoms with Crippen molar-refractivity contribution >= 4 is 22.2 Å². The number of ether oxygens (including phenoxy) is 1. The molecule has 0 N–H and O–H groups in total. The van der Waals surface area contributed by atoms with Gasteiger partial charge in [-0.05, 0) is 10.6 Å². The third-order valence-electron chi connectivity index (χ3n) is 1.90. The molecule has 6 heteroatoms. The number of nitrogens with zero attached hydrogens (tertiary/aromatic N) is 1. The molecule has 0 saturated heterocycles. The van der Waals surface area contributed by atoms with E-state index in [4.69, 9.17) is 4.74 Å². The van der Waals surface area contributed by atoms with Crippen LogP contribution in [0, 0.1) is 10.1 Å². The van der Waals surface area contributed by atoms with Gasteiger partial charge in [0.25, 0.3) is 5.70 Å². The summed E-state index contributed by atoms with van der Waals surface area (Å²) in [7, 11) is 1.38. The average Bonchev–Trinajstić information content (AvgIpc) is 2.15. The highest BCUT2D eigenvalue weighted by atomic mass is 79.9. The summed E-state index contributed by atoms with van der Waals surface area (Å²) >= 11 is 3.19. The van der Waals surface area contributed by atoms with Gasteiger partial charge in [0.05, 0.1) is 10.5 Å². The first kappa shape index (κ1) is 11.1. The van der Waals surface area contributed by atoms with Crippen LogP contribution in [-0.2, 0) is 9.53 Å². The van der Waals surface area contributed by atoms with Gasteiger partial charge in [0.1, 0.15) is 0 Å².